The van der Waals surface area contributed by atoms with E-state index in [2.05, 4.69) is 33.4 Å². The summed E-state index contributed by atoms with van der Waals surface area (Å²) < 4.78 is 5.71. The monoisotopic (exact) mass is 206 g/mol. The SMILES string of the molecule is CC1C[C@H](C)O[C@@H](C)C1CS.CO. The predicted molar refractivity (Wildman–Crippen MR) is 59.3 cm³/mol. The molecular weight excluding hydrogens is 184 g/mol. The van der Waals surface area contributed by atoms with E-state index in [1.165, 1.54) is 6.42 Å². The second-order valence-corrected chi connectivity index (χ2v) is 4.08. The van der Waals surface area contributed by atoms with Crippen molar-refractivity contribution in [2.24, 2.45) is 11.8 Å². The van der Waals surface area contributed by atoms with Gasteiger partial charge in [0, 0.05) is 7.11 Å². The first-order valence-corrected chi connectivity index (χ1v) is 5.49. The molecule has 1 fully saturated rings. The summed E-state index contributed by atoms with van der Waals surface area (Å²) in [5.41, 5.74) is 0. The van der Waals surface area contributed by atoms with Gasteiger partial charge >= 0.3 is 0 Å². The molecule has 13 heavy (non-hydrogen) atoms. The average molecular weight is 206 g/mol. The van der Waals surface area contributed by atoms with Gasteiger partial charge in [-0.1, -0.05) is 6.92 Å². The highest BCUT2D eigenvalue weighted by molar-refractivity contribution is 7.80. The van der Waals surface area contributed by atoms with Gasteiger partial charge in [-0.05, 0) is 37.9 Å². The van der Waals surface area contributed by atoms with E-state index < -0.39 is 0 Å². The molecule has 1 aliphatic rings. The third-order valence-corrected chi connectivity index (χ3v) is 3.12. The molecule has 1 N–H and O–H groups in total. The number of thiol groups is 1. The van der Waals surface area contributed by atoms with Gasteiger partial charge in [0.1, 0.15) is 0 Å². The average Bonchev–Trinajstić information content (AvgIpc) is 2.07. The highest BCUT2D eigenvalue weighted by Gasteiger charge is 2.30. The van der Waals surface area contributed by atoms with Gasteiger partial charge in [0.05, 0.1) is 12.2 Å². The zero-order chi connectivity index (χ0) is 10.4. The first-order chi connectivity index (χ1) is 6.15. The number of hydrogen-bond acceptors (Lipinski definition) is 3. The highest BCUT2D eigenvalue weighted by Crippen LogP contribution is 2.30. The van der Waals surface area contributed by atoms with Gasteiger partial charge in [0.2, 0.25) is 0 Å². The molecule has 0 aromatic rings. The van der Waals surface area contributed by atoms with Crippen LogP contribution in [0.15, 0.2) is 0 Å². The lowest BCUT2D eigenvalue weighted by atomic mass is 9.84. The molecule has 80 valence electrons. The maximum absolute atomic E-state index is 7.00. The van der Waals surface area contributed by atoms with Crippen molar-refractivity contribution in [1.82, 2.24) is 0 Å². The molecule has 0 saturated carbocycles. The summed E-state index contributed by atoms with van der Waals surface area (Å²) in [6, 6.07) is 0. The second-order valence-electron chi connectivity index (χ2n) is 3.71. The second kappa shape index (κ2) is 6.68. The van der Waals surface area contributed by atoms with Crippen molar-refractivity contribution in [1.29, 1.82) is 0 Å². The third kappa shape index (κ3) is 3.88. The van der Waals surface area contributed by atoms with Crippen LogP contribution in [-0.2, 0) is 4.74 Å². The molecule has 0 bridgehead atoms. The van der Waals surface area contributed by atoms with Gasteiger partial charge < -0.3 is 9.84 Å². The summed E-state index contributed by atoms with van der Waals surface area (Å²) in [6.45, 7) is 6.62. The maximum atomic E-state index is 7.00. The Balaban J connectivity index is 0.000000671. The van der Waals surface area contributed by atoms with E-state index in [0.29, 0.717) is 18.1 Å². The maximum Gasteiger partial charge on any atom is 0.0589 e. The van der Waals surface area contributed by atoms with Crippen LogP contribution in [0.3, 0.4) is 0 Å². The lowest BCUT2D eigenvalue weighted by molar-refractivity contribution is -0.0812. The van der Waals surface area contributed by atoms with E-state index in [0.717, 1.165) is 18.8 Å². The van der Waals surface area contributed by atoms with E-state index >= 15 is 0 Å². The molecule has 0 aromatic heterocycles. The molecule has 3 heteroatoms. The Labute approximate surface area is 87.1 Å². The number of ether oxygens (including phenoxy) is 1. The molecule has 1 saturated heterocycles. The first-order valence-electron chi connectivity index (χ1n) is 4.86. The minimum Gasteiger partial charge on any atom is -0.400 e. The number of hydrogen-bond donors (Lipinski definition) is 2. The quantitative estimate of drug-likeness (QED) is 0.642. The minimum absolute atomic E-state index is 0.395. The van der Waals surface area contributed by atoms with Crippen LogP contribution >= 0.6 is 12.6 Å². The van der Waals surface area contributed by atoms with E-state index in [4.69, 9.17) is 9.84 Å². The van der Waals surface area contributed by atoms with Crippen LogP contribution < -0.4 is 0 Å². The largest absolute Gasteiger partial charge is 0.400 e. The van der Waals surface area contributed by atoms with Crippen LogP contribution in [0.2, 0.25) is 0 Å². The van der Waals surface area contributed by atoms with Crippen LogP contribution in [0.5, 0.6) is 0 Å². The lowest BCUT2D eigenvalue weighted by Crippen LogP contribution is -2.38. The van der Waals surface area contributed by atoms with Crippen molar-refractivity contribution in [3.8, 4) is 0 Å². The molecule has 0 aliphatic carbocycles. The normalized spacial score (nSPS) is 39.2. The van der Waals surface area contributed by atoms with Crippen LogP contribution in [0.4, 0.5) is 0 Å². The Kier molecular flexibility index (Phi) is 6.82. The summed E-state index contributed by atoms with van der Waals surface area (Å²) in [5.74, 6) is 2.37. The van der Waals surface area contributed by atoms with Crippen molar-refractivity contribution in [2.45, 2.75) is 39.4 Å². The van der Waals surface area contributed by atoms with Crippen LogP contribution in [0, 0.1) is 11.8 Å². The Bertz CT molecular complexity index is 118. The smallest absolute Gasteiger partial charge is 0.0589 e. The fraction of sp³-hybridized carbons (Fsp3) is 1.00. The molecule has 1 rings (SSSR count). The lowest BCUT2D eigenvalue weighted by Gasteiger charge is -2.37. The number of rotatable bonds is 1. The summed E-state index contributed by atoms with van der Waals surface area (Å²) in [7, 11) is 1.00. The molecule has 0 amide bonds. The molecule has 1 heterocycles. The fourth-order valence-electron chi connectivity index (χ4n) is 2.01. The summed E-state index contributed by atoms with van der Waals surface area (Å²) in [5, 5.41) is 7.00. The molecule has 0 radical (unpaired) electrons. The molecule has 4 atom stereocenters. The van der Waals surface area contributed by atoms with Crippen molar-refractivity contribution < 1.29 is 9.84 Å². The van der Waals surface area contributed by atoms with E-state index in [-0.39, 0.29) is 0 Å². The number of aliphatic hydroxyl groups is 1. The van der Waals surface area contributed by atoms with E-state index in [1.807, 2.05) is 0 Å². The Morgan fingerprint density at radius 3 is 2.23 bits per heavy atom. The van der Waals surface area contributed by atoms with Crippen molar-refractivity contribution in [2.75, 3.05) is 12.9 Å². The Morgan fingerprint density at radius 2 is 1.85 bits per heavy atom. The fourth-order valence-corrected chi connectivity index (χ4v) is 2.67. The summed E-state index contributed by atoms with van der Waals surface area (Å²) in [4.78, 5) is 0. The predicted octanol–water partition coefficient (Wildman–Crippen LogP) is 1.97. The molecular formula is C10H22O2S. The van der Waals surface area contributed by atoms with Gasteiger partial charge in [-0.3, -0.25) is 0 Å². The van der Waals surface area contributed by atoms with Gasteiger partial charge in [0.15, 0.2) is 0 Å². The van der Waals surface area contributed by atoms with Crippen LogP contribution in [0.25, 0.3) is 0 Å². The molecule has 0 spiro atoms. The third-order valence-electron chi connectivity index (χ3n) is 2.70. The standard InChI is InChI=1S/C9H18OS.CH4O/c1-6-4-7(2)10-8(3)9(6)5-11;1-2/h6-9,11H,4-5H2,1-3H3;2H,1H3/t6?,7-,8-,9?;/m0./s1. The summed E-state index contributed by atoms with van der Waals surface area (Å²) >= 11 is 4.33. The first kappa shape index (κ1) is 13.3. The van der Waals surface area contributed by atoms with E-state index in [1.54, 1.807) is 0 Å². The molecule has 2 nitrogen and oxygen atoms in total. The Morgan fingerprint density at radius 1 is 1.31 bits per heavy atom. The molecule has 0 aromatic carbocycles. The van der Waals surface area contributed by atoms with Gasteiger partial charge in [-0.15, -0.1) is 0 Å². The van der Waals surface area contributed by atoms with Crippen LogP contribution in [-0.4, -0.2) is 30.2 Å². The van der Waals surface area contributed by atoms with Crippen molar-refractivity contribution in [3.05, 3.63) is 0 Å². The zero-order valence-corrected chi connectivity index (χ0v) is 9.92. The zero-order valence-electron chi connectivity index (χ0n) is 9.03. The Hall–Kier alpha value is 0.270. The molecule has 1 aliphatic heterocycles. The highest BCUT2D eigenvalue weighted by atomic mass is 32.1. The molecule has 2 unspecified atom stereocenters. The van der Waals surface area contributed by atoms with Gasteiger partial charge in [-0.2, -0.15) is 12.6 Å². The number of aliphatic hydroxyl groups excluding tert-OH is 1. The van der Waals surface area contributed by atoms with Crippen LogP contribution in [0.1, 0.15) is 27.2 Å². The van der Waals surface area contributed by atoms with Crippen molar-refractivity contribution >= 4 is 12.6 Å². The minimum atomic E-state index is 0.395. The van der Waals surface area contributed by atoms with E-state index in [9.17, 15) is 0 Å². The van der Waals surface area contributed by atoms with Gasteiger partial charge in [0.25, 0.3) is 0 Å². The van der Waals surface area contributed by atoms with Gasteiger partial charge in [-0.25, -0.2) is 0 Å². The summed E-state index contributed by atoms with van der Waals surface area (Å²) in [6.07, 6.45) is 2.03. The topological polar surface area (TPSA) is 29.5 Å². The van der Waals surface area contributed by atoms with Crippen molar-refractivity contribution in [3.63, 3.8) is 0 Å².